The van der Waals surface area contributed by atoms with Crippen LogP contribution in [-0.2, 0) is 0 Å². The van der Waals surface area contributed by atoms with E-state index in [-0.39, 0.29) is 6.03 Å². The van der Waals surface area contributed by atoms with Crippen molar-refractivity contribution < 1.29 is 4.79 Å². The second-order valence-corrected chi connectivity index (χ2v) is 3.85. The first-order chi connectivity index (χ1) is 6.69. The van der Waals surface area contributed by atoms with Gasteiger partial charge in [0.2, 0.25) is 0 Å². The van der Waals surface area contributed by atoms with Crippen molar-refractivity contribution in [1.82, 2.24) is 15.1 Å². The lowest BCUT2D eigenvalue weighted by Gasteiger charge is -2.36. The van der Waals surface area contributed by atoms with Crippen LogP contribution in [0.25, 0.3) is 0 Å². The van der Waals surface area contributed by atoms with Gasteiger partial charge in [0.05, 0.1) is 0 Å². The second kappa shape index (κ2) is 5.20. The van der Waals surface area contributed by atoms with Crippen LogP contribution in [0.5, 0.6) is 0 Å². The number of hydrogen-bond acceptors (Lipinski definition) is 2. The normalized spacial score (nSPS) is 20.1. The van der Waals surface area contributed by atoms with Crippen LogP contribution in [0.3, 0.4) is 0 Å². The summed E-state index contributed by atoms with van der Waals surface area (Å²) in [5.74, 6) is 0. The van der Waals surface area contributed by atoms with E-state index in [1.165, 1.54) is 0 Å². The van der Waals surface area contributed by atoms with Crippen molar-refractivity contribution in [2.45, 2.75) is 26.3 Å². The Kier molecular flexibility index (Phi) is 4.20. The molecule has 1 rings (SSSR count). The van der Waals surface area contributed by atoms with E-state index in [1.54, 1.807) is 0 Å². The molecule has 1 aliphatic heterocycles. The Balaban J connectivity index is 2.47. The molecule has 0 aromatic heterocycles. The fourth-order valence-electron chi connectivity index (χ4n) is 1.73. The molecule has 0 spiro atoms. The number of nitrogens with one attached hydrogen (secondary N) is 1. The Hall–Kier alpha value is -0.770. The predicted molar refractivity (Wildman–Crippen MR) is 57.4 cm³/mol. The first-order valence-electron chi connectivity index (χ1n) is 5.40. The van der Waals surface area contributed by atoms with E-state index in [9.17, 15) is 4.79 Å². The lowest BCUT2D eigenvalue weighted by atomic mass is 10.2. The molecule has 1 heterocycles. The van der Waals surface area contributed by atoms with Gasteiger partial charge < -0.3 is 15.1 Å². The summed E-state index contributed by atoms with van der Waals surface area (Å²) < 4.78 is 0. The molecule has 82 valence electrons. The van der Waals surface area contributed by atoms with Crippen molar-refractivity contribution in [3.63, 3.8) is 0 Å². The molecular formula is C10H21N3O. The Bertz CT molecular complexity index is 196. The van der Waals surface area contributed by atoms with E-state index in [4.69, 9.17) is 0 Å². The van der Waals surface area contributed by atoms with Crippen molar-refractivity contribution in [1.29, 1.82) is 0 Å². The lowest BCUT2D eigenvalue weighted by Crippen LogP contribution is -2.52. The van der Waals surface area contributed by atoms with Crippen LogP contribution in [0.15, 0.2) is 0 Å². The van der Waals surface area contributed by atoms with Crippen LogP contribution in [0.4, 0.5) is 4.79 Å². The molecule has 1 unspecified atom stereocenters. The van der Waals surface area contributed by atoms with E-state index < -0.39 is 0 Å². The standard InChI is InChI=1S/C10H21N3O/c1-4-12-6-5-7-13(10(12)14)8-9(2)11-3/h9,11H,4-8H2,1-3H3. The summed E-state index contributed by atoms with van der Waals surface area (Å²) >= 11 is 0. The molecule has 0 aromatic carbocycles. The zero-order valence-corrected chi connectivity index (χ0v) is 9.42. The van der Waals surface area contributed by atoms with Gasteiger partial charge >= 0.3 is 6.03 Å². The Morgan fingerprint density at radius 1 is 1.43 bits per heavy atom. The van der Waals surface area contributed by atoms with Crippen LogP contribution in [0.2, 0.25) is 0 Å². The summed E-state index contributed by atoms with van der Waals surface area (Å²) in [5, 5.41) is 3.15. The summed E-state index contributed by atoms with van der Waals surface area (Å²) in [5.41, 5.74) is 0. The first-order valence-corrected chi connectivity index (χ1v) is 5.40. The SMILES string of the molecule is CCN1CCCN(CC(C)NC)C1=O. The highest BCUT2D eigenvalue weighted by molar-refractivity contribution is 5.75. The summed E-state index contributed by atoms with van der Waals surface area (Å²) in [6.45, 7) is 7.58. The Morgan fingerprint density at radius 2 is 2.07 bits per heavy atom. The maximum absolute atomic E-state index is 11.8. The predicted octanol–water partition coefficient (Wildman–Crippen LogP) is 0.742. The molecule has 1 atom stereocenters. The van der Waals surface area contributed by atoms with Gasteiger partial charge in [0, 0.05) is 32.2 Å². The maximum Gasteiger partial charge on any atom is 0.320 e. The minimum absolute atomic E-state index is 0.195. The minimum Gasteiger partial charge on any atom is -0.325 e. The zero-order chi connectivity index (χ0) is 10.6. The average molecular weight is 199 g/mol. The molecule has 0 saturated carbocycles. The van der Waals surface area contributed by atoms with Gasteiger partial charge in [-0.05, 0) is 27.3 Å². The molecule has 2 amide bonds. The highest BCUT2D eigenvalue weighted by Crippen LogP contribution is 2.08. The third-order valence-corrected chi connectivity index (χ3v) is 2.77. The average Bonchev–Trinajstić information content (AvgIpc) is 2.21. The topological polar surface area (TPSA) is 35.6 Å². The quantitative estimate of drug-likeness (QED) is 0.725. The van der Waals surface area contributed by atoms with Gasteiger partial charge in [-0.3, -0.25) is 0 Å². The fourth-order valence-corrected chi connectivity index (χ4v) is 1.73. The fraction of sp³-hybridized carbons (Fsp3) is 0.900. The number of nitrogens with zero attached hydrogens (tertiary/aromatic N) is 2. The molecular weight excluding hydrogens is 178 g/mol. The lowest BCUT2D eigenvalue weighted by molar-refractivity contribution is 0.128. The summed E-state index contributed by atoms with van der Waals surface area (Å²) in [4.78, 5) is 15.7. The van der Waals surface area contributed by atoms with Crippen LogP contribution in [0, 0.1) is 0 Å². The number of rotatable bonds is 4. The van der Waals surface area contributed by atoms with Gasteiger partial charge in [0.1, 0.15) is 0 Å². The molecule has 14 heavy (non-hydrogen) atoms. The summed E-state index contributed by atoms with van der Waals surface area (Å²) in [6.07, 6.45) is 1.09. The number of amides is 2. The smallest absolute Gasteiger partial charge is 0.320 e. The van der Waals surface area contributed by atoms with Crippen molar-refractivity contribution in [2.24, 2.45) is 0 Å². The second-order valence-electron chi connectivity index (χ2n) is 3.85. The molecule has 1 saturated heterocycles. The molecule has 1 aliphatic rings. The molecule has 0 aromatic rings. The summed E-state index contributed by atoms with van der Waals surface area (Å²) in [6, 6.07) is 0.566. The number of hydrogen-bond donors (Lipinski definition) is 1. The van der Waals surface area contributed by atoms with Crippen molar-refractivity contribution in [3.05, 3.63) is 0 Å². The third-order valence-electron chi connectivity index (χ3n) is 2.77. The van der Waals surface area contributed by atoms with Crippen molar-refractivity contribution in [2.75, 3.05) is 33.2 Å². The van der Waals surface area contributed by atoms with Crippen molar-refractivity contribution in [3.8, 4) is 0 Å². The van der Waals surface area contributed by atoms with Gasteiger partial charge in [0.25, 0.3) is 0 Å². The van der Waals surface area contributed by atoms with E-state index in [0.717, 1.165) is 32.6 Å². The monoisotopic (exact) mass is 199 g/mol. The van der Waals surface area contributed by atoms with E-state index in [2.05, 4.69) is 12.2 Å². The van der Waals surface area contributed by atoms with Gasteiger partial charge in [-0.25, -0.2) is 4.79 Å². The van der Waals surface area contributed by atoms with Gasteiger partial charge in [-0.15, -0.1) is 0 Å². The van der Waals surface area contributed by atoms with E-state index >= 15 is 0 Å². The third kappa shape index (κ3) is 2.61. The number of carbonyl (C=O) groups excluding carboxylic acids is 1. The molecule has 0 bridgehead atoms. The van der Waals surface area contributed by atoms with Crippen LogP contribution in [-0.4, -0.2) is 55.1 Å². The largest absolute Gasteiger partial charge is 0.325 e. The number of urea groups is 1. The van der Waals surface area contributed by atoms with Crippen LogP contribution < -0.4 is 5.32 Å². The van der Waals surface area contributed by atoms with Crippen LogP contribution in [0.1, 0.15) is 20.3 Å². The zero-order valence-electron chi connectivity index (χ0n) is 9.42. The van der Waals surface area contributed by atoms with Gasteiger partial charge in [-0.1, -0.05) is 0 Å². The van der Waals surface area contributed by atoms with Gasteiger partial charge in [0.15, 0.2) is 0 Å². The molecule has 4 nitrogen and oxygen atoms in total. The molecule has 1 fully saturated rings. The Labute approximate surface area is 86.2 Å². The highest BCUT2D eigenvalue weighted by atomic mass is 16.2. The summed E-state index contributed by atoms with van der Waals surface area (Å²) in [7, 11) is 1.93. The Morgan fingerprint density at radius 3 is 2.64 bits per heavy atom. The molecule has 0 radical (unpaired) electrons. The van der Waals surface area contributed by atoms with E-state index in [0.29, 0.717) is 6.04 Å². The molecule has 1 N–H and O–H groups in total. The molecule has 4 heteroatoms. The van der Waals surface area contributed by atoms with Crippen LogP contribution >= 0.6 is 0 Å². The molecule has 0 aliphatic carbocycles. The number of likely N-dealkylation sites (N-methyl/N-ethyl adjacent to an activating group) is 1. The highest BCUT2D eigenvalue weighted by Gasteiger charge is 2.24. The maximum atomic E-state index is 11.8. The minimum atomic E-state index is 0.195. The van der Waals surface area contributed by atoms with Crippen molar-refractivity contribution >= 4 is 6.03 Å². The van der Waals surface area contributed by atoms with E-state index in [1.807, 2.05) is 23.8 Å². The number of carbonyl (C=O) groups is 1. The first kappa shape index (κ1) is 11.3. The van der Waals surface area contributed by atoms with Gasteiger partial charge in [-0.2, -0.15) is 0 Å².